The Morgan fingerprint density at radius 1 is 1.44 bits per heavy atom. The summed E-state index contributed by atoms with van der Waals surface area (Å²) < 4.78 is 0. The fraction of sp³-hybridized carbons (Fsp3) is 0.600. The van der Waals surface area contributed by atoms with Crippen LogP contribution in [-0.4, -0.2) is 16.9 Å². The molecule has 1 saturated carbocycles. The molecule has 0 aromatic heterocycles. The molecule has 0 saturated heterocycles. The molecular weight excluding hydrogens is 147 g/mol. The van der Waals surface area contributed by atoms with E-state index in [0.717, 1.165) is 12.8 Å². The summed E-state index contributed by atoms with van der Waals surface area (Å²) in [5.74, 6) is -2.05. The summed E-state index contributed by atoms with van der Waals surface area (Å²) in [6.45, 7) is 0. The smallest absolute Gasteiger partial charge is 1.00 e. The van der Waals surface area contributed by atoms with Crippen LogP contribution < -0.4 is 51.4 Å². The minimum Gasteiger partial charge on any atom is -1.00 e. The number of carbonyl (C=O) groups is 2. The first-order chi connectivity index (χ1) is 3.72. The van der Waals surface area contributed by atoms with Crippen LogP contribution in [-0.2, 0) is 9.59 Å². The van der Waals surface area contributed by atoms with Crippen LogP contribution in [0, 0.1) is 5.92 Å². The van der Waals surface area contributed by atoms with E-state index in [2.05, 4.69) is 0 Å². The molecule has 0 radical (unpaired) electrons. The predicted octanol–water partition coefficient (Wildman–Crippen LogP) is -2.83. The second-order valence-corrected chi connectivity index (χ2v) is 1.94. The van der Waals surface area contributed by atoms with E-state index in [1.54, 1.807) is 0 Å². The zero-order valence-corrected chi connectivity index (χ0v) is 8.38. The van der Waals surface area contributed by atoms with Crippen molar-refractivity contribution in [2.24, 2.45) is 5.92 Å². The third kappa shape index (κ3) is 2.91. The molecule has 0 spiro atoms. The molecule has 0 atom stereocenters. The second-order valence-electron chi connectivity index (χ2n) is 1.94. The average Bonchev–Trinajstić information content (AvgIpc) is 2.43. The summed E-state index contributed by atoms with van der Waals surface area (Å²) >= 11 is 0. The molecule has 4 heteroatoms. The maximum Gasteiger partial charge on any atom is 1.00 e. The number of ketones is 1. The zero-order valence-electron chi connectivity index (χ0n) is 6.26. The Morgan fingerprint density at radius 3 is 2.00 bits per heavy atom. The molecule has 0 unspecified atom stereocenters. The molecular formula is C5H7KO3. The molecule has 3 nitrogen and oxygen atoms in total. The van der Waals surface area contributed by atoms with Gasteiger partial charge in [-0.05, 0) is 12.8 Å². The van der Waals surface area contributed by atoms with Crippen molar-refractivity contribution >= 4 is 11.8 Å². The number of carboxylic acid groups (broad SMARTS) is 1. The first-order valence-electron chi connectivity index (χ1n) is 2.49. The van der Waals surface area contributed by atoms with E-state index >= 15 is 0 Å². The average molecular weight is 154 g/mol. The Morgan fingerprint density at radius 2 is 1.89 bits per heavy atom. The summed E-state index contributed by atoms with van der Waals surface area (Å²) in [6.07, 6.45) is 1.54. The van der Waals surface area contributed by atoms with E-state index in [-0.39, 0.29) is 58.7 Å². The van der Waals surface area contributed by atoms with Gasteiger partial charge in [-0.2, -0.15) is 0 Å². The monoisotopic (exact) mass is 154 g/mol. The third-order valence-corrected chi connectivity index (χ3v) is 1.16. The molecule has 1 N–H and O–H groups in total. The van der Waals surface area contributed by atoms with E-state index in [9.17, 15) is 9.59 Å². The molecule has 1 fully saturated rings. The molecule has 46 valence electrons. The van der Waals surface area contributed by atoms with E-state index in [4.69, 9.17) is 5.11 Å². The molecule has 9 heavy (non-hydrogen) atoms. The Labute approximate surface area is 96.7 Å². The molecule has 0 heterocycles. The van der Waals surface area contributed by atoms with Crippen LogP contribution in [0.3, 0.4) is 0 Å². The van der Waals surface area contributed by atoms with Gasteiger partial charge in [0, 0.05) is 5.92 Å². The molecule has 0 aromatic carbocycles. The van der Waals surface area contributed by atoms with Crippen molar-refractivity contribution < 1.29 is 67.5 Å². The van der Waals surface area contributed by atoms with Crippen LogP contribution in [0.1, 0.15) is 14.3 Å². The Balaban J connectivity index is 0. The molecule has 0 aromatic rings. The number of hydrogen-bond donors (Lipinski definition) is 1. The number of carbonyl (C=O) groups excluding carboxylic acids is 1. The van der Waals surface area contributed by atoms with Gasteiger partial charge >= 0.3 is 57.4 Å². The van der Waals surface area contributed by atoms with Gasteiger partial charge in [0.2, 0.25) is 5.78 Å². The van der Waals surface area contributed by atoms with Gasteiger partial charge in [0.25, 0.3) is 0 Å². The third-order valence-electron chi connectivity index (χ3n) is 1.16. The van der Waals surface area contributed by atoms with E-state index in [1.165, 1.54) is 0 Å². The van der Waals surface area contributed by atoms with E-state index < -0.39 is 11.8 Å². The number of hydrogen-bond acceptors (Lipinski definition) is 2. The summed E-state index contributed by atoms with van der Waals surface area (Å²) in [5.41, 5.74) is 0. The van der Waals surface area contributed by atoms with Crippen molar-refractivity contribution in [2.75, 3.05) is 0 Å². The Bertz CT molecular complexity index is 144. The van der Waals surface area contributed by atoms with Gasteiger partial charge in [-0.25, -0.2) is 4.79 Å². The normalized spacial score (nSPS) is 16.0. The van der Waals surface area contributed by atoms with Crippen molar-refractivity contribution in [3.63, 3.8) is 0 Å². The first kappa shape index (κ1) is 9.78. The predicted molar refractivity (Wildman–Crippen MR) is 26.5 cm³/mol. The largest absolute Gasteiger partial charge is 1.00 e. The quantitative estimate of drug-likeness (QED) is 0.344. The standard InChI is InChI=1S/C5H6O3.K.H/c6-4(5(7)8)3-1-2-3;;/h3H,1-2H2,(H,7,8);;/q;+1;-1. The van der Waals surface area contributed by atoms with Crippen LogP contribution >= 0.6 is 0 Å². The molecule has 0 amide bonds. The molecule has 0 bridgehead atoms. The fourth-order valence-electron chi connectivity index (χ4n) is 0.520. The summed E-state index contributed by atoms with van der Waals surface area (Å²) in [7, 11) is 0. The van der Waals surface area contributed by atoms with Crippen LogP contribution in [0.15, 0.2) is 0 Å². The summed E-state index contributed by atoms with van der Waals surface area (Å²) in [6, 6.07) is 0. The van der Waals surface area contributed by atoms with Gasteiger partial charge in [0.15, 0.2) is 0 Å². The van der Waals surface area contributed by atoms with Gasteiger partial charge in [-0.3, -0.25) is 4.79 Å². The van der Waals surface area contributed by atoms with Gasteiger partial charge in [0.1, 0.15) is 0 Å². The van der Waals surface area contributed by atoms with Crippen LogP contribution in [0.2, 0.25) is 0 Å². The number of rotatable bonds is 2. The molecule has 1 rings (SSSR count). The zero-order chi connectivity index (χ0) is 6.15. The maximum atomic E-state index is 10.3. The summed E-state index contributed by atoms with van der Waals surface area (Å²) in [5, 5.41) is 8.04. The van der Waals surface area contributed by atoms with Crippen LogP contribution in [0.25, 0.3) is 0 Å². The Hall–Kier alpha value is 0.776. The molecule has 1 aliphatic rings. The van der Waals surface area contributed by atoms with Crippen molar-refractivity contribution in [3.05, 3.63) is 0 Å². The number of Topliss-reactive ketones (excluding diaryl/α,β-unsaturated/α-hetero) is 1. The molecule has 0 aliphatic heterocycles. The minimum absolute atomic E-state index is 0. The van der Waals surface area contributed by atoms with E-state index in [1.807, 2.05) is 0 Å². The topological polar surface area (TPSA) is 54.4 Å². The van der Waals surface area contributed by atoms with Crippen molar-refractivity contribution in [3.8, 4) is 0 Å². The van der Waals surface area contributed by atoms with Crippen LogP contribution in [0.4, 0.5) is 0 Å². The van der Waals surface area contributed by atoms with Crippen molar-refractivity contribution in [1.29, 1.82) is 0 Å². The fourth-order valence-corrected chi connectivity index (χ4v) is 0.520. The molecule has 1 aliphatic carbocycles. The first-order valence-corrected chi connectivity index (χ1v) is 2.49. The van der Waals surface area contributed by atoms with E-state index in [0.29, 0.717) is 0 Å². The van der Waals surface area contributed by atoms with Crippen LogP contribution in [0.5, 0.6) is 0 Å². The van der Waals surface area contributed by atoms with Gasteiger partial charge in [-0.15, -0.1) is 0 Å². The van der Waals surface area contributed by atoms with Crippen molar-refractivity contribution in [2.45, 2.75) is 12.8 Å². The van der Waals surface area contributed by atoms with Gasteiger partial charge in [-0.1, -0.05) is 0 Å². The SMILES string of the molecule is O=C(O)C(=O)C1CC1.[H-].[K+]. The van der Waals surface area contributed by atoms with Crippen molar-refractivity contribution in [1.82, 2.24) is 0 Å². The van der Waals surface area contributed by atoms with Gasteiger partial charge < -0.3 is 6.53 Å². The summed E-state index contributed by atoms with van der Waals surface area (Å²) in [4.78, 5) is 20.1. The minimum atomic E-state index is -1.28. The second kappa shape index (κ2) is 3.83. The number of carboxylic acids is 1. The van der Waals surface area contributed by atoms with Gasteiger partial charge in [0.05, 0.1) is 0 Å². The number of aliphatic carboxylic acids is 1. The maximum absolute atomic E-state index is 10.3. The Kier molecular flexibility index (Phi) is 4.16.